The van der Waals surface area contributed by atoms with Crippen molar-refractivity contribution in [3.05, 3.63) is 29.6 Å². The Hall–Kier alpha value is -0.900. The quantitative estimate of drug-likeness (QED) is 0.849. The van der Waals surface area contributed by atoms with Crippen LogP contribution in [0.1, 0.15) is 36.3 Å². The number of aryl methyl sites for hydroxylation is 1. The number of amides is 1. The van der Waals surface area contributed by atoms with E-state index in [-0.39, 0.29) is 11.9 Å². The van der Waals surface area contributed by atoms with Crippen LogP contribution in [0, 0.1) is 12.8 Å². The lowest BCUT2D eigenvalue weighted by molar-refractivity contribution is 0.0924. The van der Waals surface area contributed by atoms with Gasteiger partial charge in [0.2, 0.25) is 0 Å². The highest BCUT2D eigenvalue weighted by molar-refractivity contribution is 9.09. The van der Waals surface area contributed by atoms with Gasteiger partial charge in [0.1, 0.15) is 0 Å². The van der Waals surface area contributed by atoms with Crippen molar-refractivity contribution in [1.82, 2.24) is 10.3 Å². The van der Waals surface area contributed by atoms with Gasteiger partial charge in [-0.2, -0.15) is 0 Å². The molecular formula is C13H19BrN2O. The third-order valence-electron chi connectivity index (χ3n) is 2.79. The molecule has 0 aromatic carbocycles. The second kappa shape index (κ2) is 6.74. The Bertz CT molecular complexity index is 379. The minimum absolute atomic E-state index is 0.0322. The van der Waals surface area contributed by atoms with Gasteiger partial charge >= 0.3 is 0 Å². The summed E-state index contributed by atoms with van der Waals surface area (Å²) in [5.74, 6) is 0.392. The van der Waals surface area contributed by atoms with Gasteiger partial charge in [-0.15, -0.1) is 0 Å². The fourth-order valence-electron chi connectivity index (χ4n) is 1.66. The molecule has 1 unspecified atom stereocenters. The minimum atomic E-state index is -0.0322. The molecular weight excluding hydrogens is 280 g/mol. The van der Waals surface area contributed by atoms with E-state index >= 15 is 0 Å². The van der Waals surface area contributed by atoms with E-state index in [1.54, 1.807) is 12.3 Å². The molecule has 1 aromatic heterocycles. The van der Waals surface area contributed by atoms with Crippen LogP contribution >= 0.6 is 15.9 Å². The average molecular weight is 299 g/mol. The van der Waals surface area contributed by atoms with Gasteiger partial charge in [0.15, 0.2) is 0 Å². The lowest BCUT2D eigenvalue weighted by Gasteiger charge is -2.21. The van der Waals surface area contributed by atoms with Crippen LogP contribution in [0.2, 0.25) is 0 Å². The lowest BCUT2D eigenvalue weighted by atomic mass is 10.0. The molecule has 0 saturated carbocycles. The molecule has 1 heterocycles. The molecule has 0 aliphatic carbocycles. The van der Waals surface area contributed by atoms with Crippen molar-refractivity contribution in [1.29, 1.82) is 0 Å². The summed E-state index contributed by atoms with van der Waals surface area (Å²) < 4.78 is 0. The highest BCUT2D eigenvalue weighted by atomic mass is 79.9. The van der Waals surface area contributed by atoms with Crippen molar-refractivity contribution in [2.75, 3.05) is 5.33 Å². The Morgan fingerprint density at radius 2 is 2.24 bits per heavy atom. The van der Waals surface area contributed by atoms with Crippen LogP contribution in [0.15, 0.2) is 18.3 Å². The molecule has 0 bridgehead atoms. The van der Waals surface area contributed by atoms with Crippen LogP contribution in [-0.4, -0.2) is 22.3 Å². The summed E-state index contributed by atoms with van der Waals surface area (Å²) >= 11 is 3.42. The normalized spacial score (nSPS) is 12.5. The summed E-state index contributed by atoms with van der Waals surface area (Å²) in [6.07, 6.45) is 2.63. The Labute approximate surface area is 111 Å². The van der Waals surface area contributed by atoms with Crippen LogP contribution in [0.4, 0.5) is 0 Å². The van der Waals surface area contributed by atoms with Gasteiger partial charge in [-0.3, -0.25) is 9.78 Å². The van der Waals surface area contributed by atoms with Crippen LogP contribution in [0.3, 0.4) is 0 Å². The lowest BCUT2D eigenvalue weighted by Crippen LogP contribution is -2.39. The first-order valence-corrected chi connectivity index (χ1v) is 6.96. The van der Waals surface area contributed by atoms with E-state index in [0.717, 1.165) is 17.4 Å². The standard InChI is InChI=1S/C13H19BrN2O/c1-9(2)12(6-7-14)16-13(17)11-5-4-8-15-10(11)3/h4-5,8-9,12H,6-7H2,1-3H3,(H,16,17). The van der Waals surface area contributed by atoms with E-state index in [4.69, 9.17) is 0 Å². The molecule has 1 aromatic rings. The molecule has 3 nitrogen and oxygen atoms in total. The van der Waals surface area contributed by atoms with Crippen molar-refractivity contribution in [2.45, 2.75) is 33.2 Å². The number of halogens is 1. The zero-order valence-corrected chi connectivity index (χ0v) is 12.1. The predicted octanol–water partition coefficient (Wildman–Crippen LogP) is 2.93. The number of alkyl halides is 1. The largest absolute Gasteiger partial charge is 0.349 e. The van der Waals surface area contributed by atoms with Gasteiger partial charge < -0.3 is 5.32 Å². The zero-order chi connectivity index (χ0) is 12.8. The van der Waals surface area contributed by atoms with Crippen molar-refractivity contribution in [3.63, 3.8) is 0 Å². The second-order valence-electron chi connectivity index (χ2n) is 4.44. The molecule has 0 radical (unpaired) electrons. The number of aromatic nitrogens is 1. The summed E-state index contributed by atoms with van der Waals surface area (Å²) in [5.41, 5.74) is 1.43. The monoisotopic (exact) mass is 298 g/mol. The van der Waals surface area contributed by atoms with Crippen molar-refractivity contribution in [2.24, 2.45) is 5.92 Å². The summed E-state index contributed by atoms with van der Waals surface area (Å²) in [4.78, 5) is 16.2. The van der Waals surface area contributed by atoms with Gasteiger partial charge in [0.05, 0.1) is 5.56 Å². The van der Waals surface area contributed by atoms with E-state index < -0.39 is 0 Å². The average Bonchev–Trinajstić information content (AvgIpc) is 2.28. The number of hydrogen-bond donors (Lipinski definition) is 1. The van der Waals surface area contributed by atoms with E-state index in [1.165, 1.54) is 0 Å². The van der Waals surface area contributed by atoms with E-state index in [9.17, 15) is 4.79 Å². The molecule has 0 aliphatic rings. The molecule has 0 saturated heterocycles. The Balaban J connectivity index is 2.74. The van der Waals surface area contributed by atoms with Crippen LogP contribution in [-0.2, 0) is 0 Å². The number of nitrogens with zero attached hydrogens (tertiary/aromatic N) is 1. The molecule has 0 fully saturated rings. The zero-order valence-electron chi connectivity index (χ0n) is 10.5. The summed E-state index contributed by atoms with van der Waals surface area (Å²) in [5, 5.41) is 3.96. The molecule has 1 atom stereocenters. The van der Waals surface area contributed by atoms with E-state index in [2.05, 4.69) is 40.1 Å². The molecule has 4 heteroatoms. The first kappa shape index (κ1) is 14.2. The maximum atomic E-state index is 12.1. The van der Waals surface area contributed by atoms with E-state index in [1.807, 2.05) is 13.0 Å². The van der Waals surface area contributed by atoms with Crippen LogP contribution in [0.5, 0.6) is 0 Å². The maximum absolute atomic E-state index is 12.1. The first-order valence-electron chi connectivity index (χ1n) is 5.84. The fraction of sp³-hybridized carbons (Fsp3) is 0.538. The minimum Gasteiger partial charge on any atom is -0.349 e. The van der Waals surface area contributed by atoms with Crippen LogP contribution in [0.25, 0.3) is 0 Å². The summed E-state index contributed by atoms with van der Waals surface area (Å²) in [6.45, 7) is 6.08. The van der Waals surface area contributed by atoms with Crippen molar-refractivity contribution < 1.29 is 4.79 Å². The number of hydrogen-bond acceptors (Lipinski definition) is 2. The number of carbonyl (C=O) groups is 1. The number of pyridine rings is 1. The fourth-order valence-corrected chi connectivity index (χ4v) is 2.15. The predicted molar refractivity (Wildman–Crippen MR) is 73.5 cm³/mol. The van der Waals surface area contributed by atoms with Gasteiger partial charge in [-0.25, -0.2) is 0 Å². The van der Waals surface area contributed by atoms with Crippen molar-refractivity contribution >= 4 is 21.8 Å². The molecule has 0 aliphatic heterocycles. The molecule has 1 amide bonds. The van der Waals surface area contributed by atoms with Crippen LogP contribution < -0.4 is 5.32 Å². The van der Waals surface area contributed by atoms with Gasteiger partial charge in [0.25, 0.3) is 5.91 Å². The maximum Gasteiger partial charge on any atom is 0.253 e. The highest BCUT2D eigenvalue weighted by Gasteiger charge is 2.17. The Kier molecular flexibility index (Phi) is 5.62. The molecule has 0 spiro atoms. The number of rotatable bonds is 5. The molecule has 1 N–H and O–H groups in total. The van der Waals surface area contributed by atoms with Crippen molar-refractivity contribution in [3.8, 4) is 0 Å². The highest BCUT2D eigenvalue weighted by Crippen LogP contribution is 2.10. The topological polar surface area (TPSA) is 42.0 Å². The summed E-state index contributed by atoms with van der Waals surface area (Å²) in [6, 6.07) is 3.79. The molecule has 94 valence electrons. The smallest absolute Gasteiger partial charge is 0.253 e. The van der Waals surface area contributed by atoms with Gasteiger partial charge in [-0.1, -0.05) is 29.8 Å². The molecule has 1 rings (SSSR count). The second-order valence-corrected chi connectivity index (χ2v) is 5.23. The Morgan fingerprint density at radius 3 is 2.76 bits per heavy atom. The van der Waals surface area contributed by atoms with Gasteiger partial charge in [-0.05, 0) is 31.4 Å². The SMILES string of the molecule is Cc1ncccc1C(=O)NC(CCBr)C(C)C. The van der Waals surface area contributed by atoms with E-state index in [0.29, 0.717) is 11.5 Å². The number of nitrogens with one attached hydrogen (secondary N) is 1. The third-order valence-corrected chi connectivity index (χ3v) is 3.25. The third kappa shape index (κ3) is 4.11. The summed E-state index contributed by atoms with van der Waals surface area (Å²) in [7, 11) is 0. The first-order chi connectivity index (χ1) is 8.06. The molecule has 17 heavy (non-hydrogen) atoms. The van der Waals surface area contributed by atoms with Gasteiger partial charge in [0, 0.05) is 23.3 Å². The Morgan fingerprint density at radius 1 is 1.53 bits per heavy atom. The number of carbonyl (C=O) groups excluding carboxylic acids is 1.